The minimum Gasteiger partial charge on any atom is -0.478 e. The predicted octanol–water partition coefficient (Wildman–Crippen LogP) is 6.31. The summed E-state index contributed by atoms with van der Waals surface area (Å²) in [5.41, 5.74) is 7.45. The molecule has 0 unspecified atom stereocenters. The lowest BCUT2D eigenvalue weighted by Crippen LogP contribution is -2.33. The van der Waals surface area contributed by atoms with E-state index in [1.54, 1.807) is 45.0 Å². The largest absolute Gasteiger partial charge is 0.478 e. The monoisotopic (exact) mass is 739 g/mol. The second-order valence-corrected chi connectivity index (χ2v) is 15.5. The molecule has 2 aromatic rings. The summed E-state index contributed by atoms with van der Waals surface area (Å²) in [7, 11) is 0. The number of carbonyl (C=O) groups excluding carboxylic acids is 3. The van der Waals surface area contributed by atoms with Crippen LogP contribution < -0.4 is 16.4 Å². The normalized spacial score (nSPS) is 14.6. The third-order valence-corrected chi connectivity index (χ3v) is 8.36. The lowest BCUT2D eigenvalue weighted by atomic mass is 10.0. The molecule has 0 spiro atoms. The standard InChI is InChI=1S/C21H32N2O3.C14H19NO4.C6H14N2/c1-21(2,3)26-20(25)22-13-12-17-8-10-18(11-9-17)19(24)7-6-16-23-14-4-5-15-23;1-14(2,3)19-13(18)15-9-8-10-4-6-11(7-5-10)12(16)17;7-3-6-8-4-1-2-5-8/h8-11H,4-7,12-16H2,1-3H3,(H,22,25);4-7H,8-9H2,1-3H3,(H,15,18)(H,16,17);1-7H2. The van der Waals surface area contributed by atoms with Gasteiger partial charge in [0.25, 0.3) is 0 Å². The van der Waals surface area contributed by atoms with Gasteiger partial charge in [0.15, 0.2) is 5.78 Å². The van der Waals surface area contributed by atoms with E-state index in [-0.39, 0.29) is 11.3 Å². The highest BCUT2D eigenvalue weighted by atomic mass is 16.6. The van der Waals surface area contributed by atoms with Crippen molar-refractivity contribution in [1.82, 2.24) is 20.4 Å². The molecular formula is C41H65N5O7. The van der Waals surface area contributed by atoms with Crippen LogP contribution in [0.4, 0.5) is 9.59 Å². The van der Waals surface area contributed by atoms with Gasteiger partial charge >= 0.3 is 18.2 Å². The summed E-state index contributed by atoms with van der Waals surface area (Å²) in [5.74, 6) is -0.735. The van der Waals surface area contributed by atoms with E-state index in [0.29, 0.717) is 32.4 Å². The third kappa shape index (κ3) is 21.3. The van der Waals surface area contributed by atoms with Crippen LogP contribution in [-0.4, -0.2) is 109 Å². The van der Waals surface area contributed by atoms with Crippen LogP contribution in [0.1, 0.15) is 112 Å². The fourth-order valence-electron chi connectivity index (χ4n) is 5.72. The summed E-state index contributed by atoms with van der Waals surface area (Å²) in [5, 5.41) is 14.2. The zero-order valence-corrected chi connectivity index (χ0v) is 33.0. The minimum absolute atomic E-state index is 0.211. The zero-order chi connectivity index (χ0) is 39.3. The van der Waals surface area contributed by atoms with Gasteiger partial charge in [-0.15, -0.1) is 0 Å². The van der Waals surface area contributed by atoms with E-state index in [1.165, 1.54) is 51.9 Å². The molecule has 53 heavy (non-hydrogen) atoms. The maximum absolute atomic E-state index is 12.3. The predicted molar refractivity (Wildman–Crippen MR) is 210 cm³/mol. The Morgan fingerprint density at radius 3 is 1.43 bits per heavy atom. The van der Waals surface area contributed by atoms with Crippen molar-refractivity contribution in [2.75, 3.05) is 58.9 Å². The van der Waals surface area contributed by atoms with Crippen LogP contribution in [0.25, 0.3) is 0 Å². The fraction of sp³-hybridized carbons (Fsp3) is 0.610. The Morgan fingerprint density at radius 1 is 0.660 bits per heavy atom. The number of benzene rings is 2. The number of carboxylic acids is 1. The molecule has 2 amide bonds. The van der Waals surface area contributed by atoms with Crippen molar-refractivity contribution in [3.05, 3.63) is 70.8 Å². The van der Waals surface area contributed by atoms with Gasteiger partial charge in [-0.2, -0.15) is 0 Å². The smallest absolute Gasteiger partial charge is 0.407 e. The highest BCUT2D eigenvalue weighted by Gasteiger charge is 2.17. The lowest BCUT2D eigenvalue weighted by Gasteiger charge is -2.19. The number of nitrogens with one attached hydrogen (secondary N) is 2. The first-order chi connectivity index (χ1) is 25.0. The van der Waals surface area contributed by atoms with Gasteiger partial charge in [-0.25, -0.2) is 14.4 Å². The van der Waals surface area contributed by atoms with Gasteiger partial charge in [0, 0.05) is 38.2 Å². The number of carbonyl (C=O) groups is 4. The SMILES string of the molecule is CC(C)(C)OC(=O)NCCc1ccc(C(=O)CCCN2CCCC2)cc1.CC(C)(C)OC(=O)NCCc1ccc(C(=O)O)cc1.NCCN1CCCC1. The Labute approximate surface area is 317 Å². The molecule has 2 heterocycles. The number of amides is 2. The molecule has 296 valence electrons. The number of ketones is 1. The molecule has 0 bridgehead atoms. The maximum Gasteiger partial charge on any atom is 0.407 e. The number of ether oxygens (including phenoxy) is 2. The van der Waals surface area contributed by atoms with Crippen LogP contribution in [0, 0.1) is 0 Å². The zero-order valence-electron chi connectivity index (χ0n) is 33.0. The first kappa shape index (κ1) is 45.2. The molecule has 2 fully saturated rings. The third-order valence-electron chi connectivity index (χ3n) is 8.36. The van der Waals surface area contributed by atoms with E-state index < -0.39 is 29.4 Å². The Hall–Kier alpha value is -4.00. The summed E-state index contributed by atoms with van der Waals surface area (Å²) in [4.78, 5) is 50.8. The number of nitrogens with zero attached hydrogens (tertiary/aromatic N) is 2. The highest BCUT2D eigenvalue weighted by Crippen LogP contribution is 2.13. The van der Waals surface area contributed by atoms with Gasteiger partial charge in [-0.1, -0.05) is 36.4 Å². The average Bonchev–Trinajstić information content (AvgIpc) is 3.80. The van der Waals surface area contributed by atoms with Gasteiger partial charge in [0.1, 0.15) is 11.2 Å². The van der Waals surface area contributed by atoms with Crippen LogP contribution in [-0.2, 0) is 22.3 Å². The molecule has 2 aliphatic rings. The number of rotatable bonds is 14. The molecule has 12 heteroatoms. The number of hydrogen-bond acceptors (Lipinski definition) is 9. The Balaban J connectivity index is 0.000000313. The van der Waals surface area contributed by atoms with Gasteiger partial charge < -0.3 is 40.7 Å². The van der Waals surface area contributed by atoms with Crippen molar-refractivity contribution >= 4 is 23.9 Å². The van der Waals surface area contributed by atoms with Crippen LogP contribution in [0.15, 0.2) is 48.5 Å². The van der Waals surface area contributed by atoms with Gasteiger partial charge in [0.2, 0.25) is 0 Å². The number of Topliss-reactive ketones (excluding diaryl/α,β-unsaturated/α-hetero) is 1. The summed E-state index contributed by atoms with van der Waals surface area (Å²) in [6, 6.07) is 14.3. The second kappa shape index (κ2) is 23.6. The second-order valence-electron chi connectivity index (χ2n) is 15.5. The molecule has 12 nitrogen and oxygen atoms in total. The van der Waals surface area contributed by atoms with Gasteiger partial charge in [0.05, 0.1) is 5.56 Å². The van der Waals surface area contributed by atoms with Crippen molar-refractivity contribution in [3.8, 4) is 0 Å². The van der Waals surface area contributed by atoms with Crippen molar-refractivity contribution in [2.24, 2.45) is 5.73 Å². The molecule has 0 aliphatic carbocycles. The highest BCUT2D eigenvalue weighted by molar-refractivity contribution is 5.96. The number of carboxylic acid groups (broad SMARTS) is 1. The van der Waals surface area contributed by atoms with Crippen molar-refractivity contribution in [1.29, 1.82) is 0 Å². The molecule has 0 aromatic heterocycles. The van der Waals surface area contributed by atoms with E-state index in [1.807, 2.05) is 45.0 Å². The topological polar surface area (TPSA) is 164 Å². The summed E-state index contributed by atoms with van der Waals surface area (Å²) >= 11 is 0. The molecule has 2 saturated heterocycles. The van der Waals surface area contributed by atoms with E-state index in [4.69, 9.17) is 20.3 Å². The van der Waals surface area contributed by atoms with Crippen molar-refractivity contribution < 1.29 is 33.8 Å². The molecular weight excluding hydrogens is 674 g/mol. The van der Waals surface area contributed by atoms with E-state index in [2.05, 4.69) is 20.4 Å². The number of likely N-dealkylation sites (tertiary alicyclic amines) is 2. The molecule has 0 radical (unpaired) electrons. The van der Waals surface area contributed by atoms with E-state index in [0.717, 1.165) is 42.7 Å². The molecule has 0 saturated carbocycles. The van der Waals surface area contributed by atoms with Crippen LogP contribution >= 0.6 is 0 Å². The van der Waals surface area contributed by atoms with Crippen LogP contribution in [0.2, 0.25) is 0 Å². The molecule has 4 rings (SSSR count). The summed E-state index contributed by atoms with van der Waals surface area (Å²) < 4.78 is 10.3. The quantitative estimate of drug-likeness (QED) is 0.162. The van der Waals surface area contributed by atoms with Gasteiger partial charge in [-0.3, -0.25) is 4.79 Å². The Bertz CT molecular complexity index is 1370. The summed E-state index contributed by atoms with van der Waals surface area (Å²) in [6.07, 6.45) is 7.35. The first-order valence-corrected chi connectivity index (χ1v) is 19.1. The maximum atomic E-state index is 12.3. The number of alkyl carbamates (subject to hydrolysis) is 2. The van der Waals surface area contributed by atoms with Crippen LogP contribution in [0.3, 0.4) is 0 Å². The first-order valence-electron chi connectivity index (χ1n) is 19.1. The average molecular weight is 740 g/mol. The molecule has 2 aromatic carbocycles. The lowest BCUT2D eigenvalue weighted by molar-refractivity contribution is 0.0517. The molecule has 5 N–H and O–H groups in total. The number of nitrogens with two attached hydrogens (primary N) is 1. The molecule has 0 atom stereocenters. The van der Waals surface area contributed by atoms with E-state index in [9.17, 15) is 19.2 Å². The van der Waals surface area contributed by atoms with Gasteiger partial charge in [-0.05, 0) is 142 Å². The minimum atomic E-state index is -0.946. The van der Waals surface area contributed by atoms with Crippen molar-refractivity contribution in [2.45, 2.75) is 104 Å². The van der Waals surface area contributed by atoms with Crippen LogP contribution in [0.5, 0.6) is 0 Å². The fourth-order valence-corrected chi connectivity index (χ4v) is 5.72. The number of aromatic carboxylic acids is 1. The van der Waals surface area contributed by atoms with Crippen molar-refractivity contribution in [3.63, 3.8) is 0 Å². The summed E-state index contributed by atoms with van der Waals surface area (Å²) in [6.45, 7) is 19.7. The Morgan fingerprint density at radius 2 is 1.06 bits per heavy atom. The Kier molecular flexibility index (Phi) is 20.1. The van der Waals surface area contributed by atoms with E-state index >= 15 is 0 Å². The molecule has 2 aliphatic heterocycles. The number of hydrogen-bond donors (Lipinski definition) is 4.